The van der Waals surface area contributed by atoms with Crippen LogP contribution in [0.2, 0.25) is 0 Å². The van der Waals surface area contributed by atoms with Crippen molar-refractivity contribution in [3.8, 4) is 5.75 Å². The standard InChI is InChI=1S/C23H21F3N2O2/c1-15(22(29)28-20-10-6-5-9-19(20)24)27-21(16-7-3-2-4-8-16)17-11-13-18(14-12-17)30-23(25)26/h2-15,21,23,27H,1H3,(H,28,29)/p+1/t15-,21+/m0/s1. The zero-order valence-electron chi connectivity index (χ0n) is 16.3. The Bertz CT molecular complexity index is 966. The van der Waals surface area contributed by atoms with Gasteiger partial charge in [0, 0.05) is 11.1 Å². The van der Waals surface area contributed by atoms with Gasteiger partial charge in [-0.15, -0.1) is 0 Å². The fraction of sp³-hybridized carbons (Fsp3) is 0.174. The number of anilines is 1. The highest BCUT2D eigenvalue weighted by Gasteiger charge is 2.25. The predicted molar refractivity (Wildman–Crippen MR) is 108 cm³/mol. The average Bonchev–Trinajstić information content (AvgIpc) is 2.74. The van der Waals surface area contributed by atoms with Crippen molar-refractivity contribution in [2.75, 3.05) is 5.32 Å². The van der Waals surface area contributed by atoms with Crippen LogP contribution in [0.1, 0.15) is 24.1 Å². The number of alkyl halides is 2. The highest BCUT2D eigenvalue weighted by molar-refractivity contribution is 5.93. The summed E-state index contributed by atoms with van der Waals surface area (Å²) in [4.78, 5) is 12.6. The molecule has 0 aliphatic carbocycles. The van der Waals surface area contributed by atoms with Gasteiger partial charge in [-0.25, -0.2) is 4.39 Å². The summed E-state index contributed by atoms with van der Waals surface area (Å²) in [6.45, 7) is -1.17. The maximum atomic E-state index is 13.8. The third-order valence-corrected chi connectivity index (χ3v) is 4.65. The molecule has 0 fully saturated rings. The molecule has 0 bridgehead atoms. The van der Waals surface area contributed by atoms with E-state index < -0.39 is 18.5 Å². The Morgan fingerprint density at radius 3 is 2.13 bits per heavy atom. The van der Waals surface area contributed by atoms with Gasteiger partial charge in [-0.3, -0.25) is 4.79 Å². The maximum Gasteiger partial charge on any atom is 0.387 e. The second-order valence-corrected chi connectivity index (χ2v) is 6.79. The van der Waals surface area contributed by atoms with Crippen LogP contribution < -0.4 is 15.4 Å². The predicted octanol–water partition coefficient (Wildman–Crippen LogP) is 4.11. The van der Waals surface area contributed by atoms with Gasteiger partial charge < -0.3 is 15.4 Å². The Morgan fingerprint density at radius 1 is 0.900 bits per heavy atom. The van der Waals surface area contributed by atoms with E-state index in [-0.39, 0.29) is 23.4 Å². The molecule has 3 aromatic carbocycles. The molecule has 1 amide bonds. The van der Waals surface area contributed by atoms with Crippen molar-refractivity contribution in [3.05, 3.63) is 95.8 Å². The number of hydrogen-bond acceptors (Lipinski definition) is 2. The van der Waals surface area contributed by atoms with Gasteiger partial charge >= 0.3 is 6.61 Å². The average molecular weight is 415 g/mol. The SMILES string of the molecule is C[C@H]([NH2+][C@H](c1ccccc1)c1ccc(OC(F)F)cc1)C(=O)Nc1ccccc1F. The highest BCUT2D eigenvalue weighted by atomic mass is 19.3. The monoisotopic (exact) mass is 415 g/mol. The van der Waals surface area contributed by atoms with Gasteiger partial charge in [-0.2, -0.15) is 8.78 Å². The summed E-state index contributed by atoms with van der Waals surface area (Å²) in [5.41, 5.74) is 1.87. The third kappa shape index (κ3) is 5.61. The highest BCUT2D eigenvalue weighted by Crippen LogP contribution is 2.22. The molecular weight excluding hydrogens is 393 g/mol. The molecule has 3 N–H and O–H groups in total. The lowest BCUT2D eigenvalue weighted by atomic mass is 9.97. The largest absolute Gasteiger partial charge is 0.435 e. The van der Waals surface area contributed by atoms with Gasteiger partial charge in [0.1, 0.15) is 17.6 Å². The zero-order chi connectivity index (χ0) is 21.5. The van der Waals surface area contributed by atoms with Crippen LogP contribution in [0.15, 0.2) is 78.9 Å². The summed E-state index contributed by atoms with van der Waals surface area (Å²) in [5.74, 6) is -0.795. The van der Waals surface area contributed by atoms with E-state index in [0.717, 1.165) is 11.1 Å². The van der Waals surface area contributed by atoms with Crippen molar-refractivity contribution in [2.24, 2.45) is 0 Å². The molecule has 0 aliphatic heterocycles. The molecule has 0 radical (unpaired) electrons. The van der Waals surface area contributed by atoms with Crippen molar-refractivity contribution >= 4 is 11.6 Å². The van der Waals surface area contributed by atoms with Gasteiger partial charge in [0.05, 0.1) is 5.69 Å². The van der Waals surface area contributed by atoms with Crippen molar-refractivity contribution in [1.29, 1.82) is 0 Å². The molecule has 0 heterocycles. The first kappa shape index (κ1) is 21.4. The summed E-state index contributed by atoms with van der Waals surface area (Å²) < 4.78 is 43.1. The van der Waals surface area contributed by atoms with Crippen LogP contribution in [0.5, 0.6) is 5.75 Å². The smallest absolute Gasteiger partial charge is 0.387 e. The van der Waals surface area contributed by atoms with Gasteiger partial charge in [0.2, 0.25) is 0 Å². The number of benzene rings is 3. The van der Waals surface area contributed by atoms with Crippen LogP contribution >= 0.6 is 0 Å². The lowest BCUT2D eigenvalue weighted by Gasteiger charge is -2.21. The Balaban J connectivity index is 1.79. The topological polar surface area (TPSA) is 54.9 Å². The van der Waals surface area contributed by atoms with E-state index in [0.29, 0.717) is 0 Å². The molecule has 0 unspecified atom stereocenters. The van der Waals surface area contributed by atoms with E-state index >= 15 is 0 Å². The summed E-state index contributed by atoms with van der Waals surface area (Å²) in [6.07, 6.45) is 0. The first-order valence-corrected chi connectivity index (χ1v) is 9.44. The van der Waals surface area contributed by atoms with Gasteiger partial charge in [-0.05, 0) is 43.3 Å². The van der Waals surface area contributed by atoms with E-state index in [1.165, 1.54) is 24.3 Å². The van der Waals surface area contributed by atoms with Crippen molar-refractivity contribution in [2.45, 2.75) is 25.6 Å². The molecule has 0 spiro atoms. The second-order valence-electron chi connectivity index (χ2n) is 6.79. The first-order valence-electron chi connectivity index (χ1n) is 9.44. The minimum atomic E-state index is -2.89. The summed E-state index contributed by atoms with van der Waals surface area (Å²) >= 11 is 0. The number of nitrogens with two attached hydrogens (primary N) is 1. The Hall–Kier alpha value is -3.32. The summed E-state index contributed by atoms with van der Waals surface area (Å²) in [6, 6.07) is 21.0. The number of hydrogen-bond donors (Lipinski definition) is 2. The Labute approximate surface area is 172 Å². The fourth-order valence-corrected chi connectivity index (χ4v) is 3.12. The number of carbonyl (C=O) groups excluding carboxylic acids is 1. The molecule has 0 saturated heterocycles. The Kier molecular flexibility index (Phi) is 7.08. The molecule has 7 heteroatoms. The van der Waals surface area contributed by atoms with E-state index in [2.05, 4.69) is 10.1 Å². The number of halogens is 3. The molecule has 0 aliphatic rings. The van der Waals surface area contributed by atoms with Crippen LogP contribution in [0, 0.1) is 5.82 Å². The molecule has 30 heavy (non-hydrogen) atoms. The second kappa shape index (κ2) is 9.93. The van der Waals surface area contributed by atoms with E-state index in [1.807, 2.05) is 35.6 Å². The van der Waals surface area contributed by atoms with Crippen molar-refractivity contribution < 1.29 is 28.0 Å². The van der Waals surface area contributed by atoms with Crippen LogP contribution in [0.25, 0.3) is 0 Å². The van der Waals surface area contributed by atoms with Crippen molar-refractivity contribution in [3.63, 3.8) is 0 Å². The van der Waals surface area contributed by atoms with Crippen molar-refractivity contribution in [1.82, 2.24) is 0 Å². The van der Waals surface area contributed by atoms with E-state index in [9.17, 15) is 18.0 Å². The van der Waals surface area contributed by atoms with Crippen LogP contribution in [-0.4, -0.2) is 18.6 Å². The van der Waals surface area contributed by atoms with Gasteiger partial charge in [-0.1, -0.05) is 42.5 Å². The summed E-state index contributed by atoms with van der Waals surface area (Å²) in [5, 5.41) is 4.44. The molecule has 3 aromatic rings. The molecule has 0 aromatic heterocycles. The number of nitrogens with one attached hydrogen (secondary N) is 1. The molecule has 3 rings (SSSR count). The quantitative estimate of drug-likeness (QED) is 0.582. The minimum absolute atomic E-state index is 0.0610. The molecule has 0 saturated carbocycles. The first-order chi connectivity index (χ1) is 14.4. The number of rotatable bonds is 8. The number of ether oxygens (including phenoxy) is 1. The normalized spacial score (nSPS) is 13.0. The van der Waals surface area contributed by atoms with Gasteiger partial charge in [0.15, 0.2) is 6.04 Å². The molecule has 2 atom stereocenters. The zero-order valence-corrected chi connectivity index (χ0v) is 16.3. The molecular formula is C23H22F3N2O2+. The van der Waals surface area contributed by atoms with Crippen LogP contribution in [0.4, 0.5) is 18.9 Å². The number of amides is 1. The number of carbonyl (C=O) groups is 1. The Morgan fingerprint density at radius 2 is 1.50 bits per heavy atom. The minimum Gasteiger partial charge on any atom is -0.435 e. The summed E-state index contributed by atoms with van der Waals surface area (Å²) in [7, 11) is 0. The van der Waals surface area contributed by atoms with E-state index in [1.54, 1.807) is 31.2 Å². The number of quaternary nitrogens is 1. The van der Waals surface area contributed by atoms with Crippen LogP contribution in [-0.2, 0) is 4.79 Å². The maximum absolute atomic E-state index is 13.8. The molecule has 4 nitrogen and oxygen atoms in total. The van der Waals surface area contributed by atoms with Crippen LogP contribution in [0.3, 0.4) is 0 Å². The van der Waals surface area contributed by atoms with Gasteiger partial charge in [0.25, 0.3) is 5.91 Å². The fourth-order valence-electron chi connectivity index (χ4n) is 3.12. The lowest BCUT2D eigenvalue weighted by Crippen LogP contribution is -2.92. The molecule has 156 valence electrons. The third-order valence-electron chi connectivity index (χ3n) is 4.65. The lowest BCUT2D eigenvalue weighted by molar-refractivity contribution is -0.704. The number of para-hydroxylation sites is 1. The van der Waals surface area contributed by atoms with E-state index in [4.69, 9.17) is 0 Å².